The third-order valence-electron chi connectivity index (χ3n) is 4.75. The summed E-state index contributed by atoms with van der Waals surface area (Å²) < 4.78 is 3.47. The van der Waals surface area contributed by atoms with E-state index in [0.29, 0.717) is 24.2 Å². The Morgan fingerprint density at radius 1 is 1.14 bits per heavy atom. The number of carbonyl (C=O) groups is 1. The van der Waals surface area contributed by atoms with E-state index >= 15 is 0 Å². The third kappa shape index (κ3) is 3.91. The molecule has 2 aromatic carbocycles. The van der Waals surface area contributed by atoms with Crippen molar-refractivity contribution in [3.63, 3.8) is 0 Å². The average Bonchev–Trinajstić information content (AvgIpc) is 3.39. The number of nitrogens with one attached hydrogen (secondary N) is 1. The van der Waals surface area contributed by atoms with Crippen LogP contribution in [0.2, 0.25) is 0 Å². The van der Waals surface area contributed by atoms with Gasteiger partial charge in [0.25, 0.3) is 5.91 Å². The zero-order chi connectivity index (χ0) is 20.2. The maximum absolute atomic E-state index is 12.9. The first kappa shape index (κ1) is 18.5. The van der Waals surface area contributed by atoms with Gasteiger partial charge in [-0.25, -0.2) is 4.68 Å². The lowest BCUT2D eigenvalue weighted by molar-refractivity contribution is 0.102. The van der Waals surface area contributed by atoms with E-state index in [2.05, 4.69) is 38.1 Å². The molecular weight excluding hydrogens is 366 g/mol. The fourth-order valence-electron chi connectivity index (χ4n) is 3.33. The van der Waals surface area contributed by atoms with E-state index in [1.807, 2.05) is 54.9 Å². The van der Waals surface area contributed by atoms with Crippen LogP contribution in [0.5, 0.6) is 0 Å². The number of carbonyl (C=O) groups excluding carboxylic acids is 1. The summed E-state index contributed by atoms with van der Waals surface area (Å²) in [7, 11) is 0. The Morgan fingerprint density at radius 2 is 1.97 bits per heavy atom. The van der Waals surface area contributed by atoms with Crippen LogP contribution in [0.4, 0.5) is 5.69 Å². The predicted molar refractivity (Wildman–Crippen MR) is 109 cm³/mol. The van der Waals surface area contributed by atoms with Crippen LogP contribution in [0.1, 0.15) is 34.1 Å². The SMILES string of the molecule is CCc1c(C(=O)Nc2ccc(-n3cnnn3)c(C)c2)cnn1Cc1ccccc1. The highest BCUT2D eigenvalue weighted by Crippen LogP contribution is 2.20. The second-order valence-corrected chi connectivity index (χ2v) is 6.71. The van der Waals surface area contributed by atoms with Gasteiger partial charge in [-0.3, -0.25) is 9.48 Å². The van der Waals surface area contributed by atoms with Gasteiger partial charge < -0.3 is 5.32 Å². The van der Waals surface area contributed by atoms with E-state index in [4.69, 9.17) is 0 Å². The van der Waals surface area contributed by atoms with Crippen LogP contribution in [0.3, 0.4) is 0 Å². The van der Waals surface area contributed by atoms with Crippen LogP contribution >= 0.6 is 0 Å². The molecule has 0 radical (unpaired) electrons. The minimum atomic E-state index is -0.171. The molecule has 2 aromatic heterocycles. The molecule has 0 bridgehead atoms. The molecule has 4 aromatic rings. The van der Waals surface area contributed by atoms with Crippen molar-refractivity contribution >= 4 is 11.6 Å². The molecular formula is C21H21N7O. The third-order valence-corrected chi connectivity index (χ3v) is 4.75. The van der Waals surface area contributed by atoms with Crippen molar-refractivity contribution in [1.29, 1.82) is 0 Å². The molecule has 0 fully saturated rings. The molecule has 1 amide bonds. The van der Waals surface area contributed by atoms with Crippen LogP contribution in [-0.4, -0.2) is 35.9 Å². The number of aromatic nitrogens is 6. The van der Waals surface area contributed by atoms with E-state index in [0.717, 1.165) is 22.5 Å². The molecule has 1 N–H and O–H groups in total. The average molecular weight is 387 g/mol. The highest BCUT2D eigenvalue weighted by atomic mass is 16.1. The van der Waals surface area contributed by atoms with Gasteiger partial charge in [0.15, 0.2) is 0 Å². The lowest BCUT2D eigenvalue weighted by Crippen LogP contribution is -2.15. The normalized spacial score (nSPS) is 10.8. The first-order valence-corrected chi connectivity index (χ1v) is 9.39. The fraction of sp³-hybridized carbons (Fsp3) is 0.190. The molecule has 0 atom stereocenters. The standard InChI is InChI=1S/C21H21N7O/c1-3-19-18(12-23-27(19)13-16-7-5-4-6-8-16)21(29)24-17-9-10-20(15(2)11-17)28-14-22-25-26-28/h4-12,14H,3,13H2,1-2H3,(H,24,29). The number of amides is 1. The van der Waals surface area contributed by atoms with E-state index in [9.17, 15) is 4.79 Å². The van der Waals surface area contributed by atoms with E-state index in [1.54, 1.807) is 10.9 Å². The molecule has 8 heteroatoms. The van der Waals surface area contributed by atoms with Crippen LogP contribution < -0.4 is 5.32 Å². The first-order chi connectivity index (χ1) is 14.2. The lowest BCUT2D eigenvalue weighted by atomic mass is 10.1. The summed E-state index contributed by atoms with van der Waals surface area (Å²) in [5.74, 6) is -0.171. The van der Waals surface area contributed by atoms with Gasteiger partial charge in [0, 0.05) is 5.69 Å². The second-order valence-electron chi connectivity index (χ2n) is 6.71. The maximum atomic E-state index is 12.9. The fourth-order valence-corrected chi connectivity index (χ4v) is 3.33. The molecule has 0 aliphatic rings. The van der Waals surface area contributed by atoms with E-state index < -0.39 is 0 Å². The molecule has 0 saturated heterocycles. The number of hydrogen-bond donors (Lipinski definition) is 1. The summed E-state index contributed by atoms with van der Waals surface area (Å²) in [4.78, 5) is 12.9. The van der Waals surface area contributed by atoms with Gasteiger partial charge in [-0.2, -0.15) is 5.10 Å². The Balaban J connectivity index is 1.53. The predicted octanol–water partition coefficient (Wildman–Crippen LogP) is 3.03. The Bertz CT molecular complexity index is 1120. The van der Waals surface area contributed by atoms with Gasteiger partial charge in [0.1, 0.15) is 6.33 Å². The summed E-state index contributed by atoms with van der Waals surface area (Å²) in [5.41, 5.74) is 5.16. The van der Waals surface area contributed by atoms with Crippen molar-refractivity contribution in [2.24, 2.45) is 0 Å². The molecule has 146 valence electrons. The molecule has 0 spiro atoms. The number of anilines is 1. The topological polar surface area (TPSA) is 90.5 Å². The number of nitrogens with zero attached hydrogens (tertiary/aromatic N) is 6. The van der Waals surface area contributed by atoms with Gasteiger partial charge in [0.05, 0.1) is 29.7 Å². The maximum Gasteiger partial charge on any atom is 0.259 e. The molecule has 4 rings (SSSR count). The number of tetrazole rings is 1. The molecule has 0 aliphatic carbocycles. The Hall–Kier alpha value is -3.81. The quantitative estimate of drug-likeness (QED) is 0.549. The number of aryl methyl sites for hydroxylation is 1. The van der Waals surface area contributed by atoms with Gasteiger partial charge in [-0.15, -0.1) is 5.10 Å². The Labute approximate surface area is 168 Å². The summed E-state index contributed by atoms with van der Waals surface area (Å²) in [6.45, 7) is 4.61. The highest BCUT2D eigenvalue weighted by Gasteiger charge is 2.17. The smallest absolute Gasteiger partial charge is 0.259 e. The molecule has 2 heterocycles. The van der Waals surface area contributed by atoms with Gasteiger partial charge in [0.2, 0.25) is 0 Å². The van der Waals surface area contributed by atoms with Gasteiger partial charge in [-0.05, 0) is 53.1 Å². The molecule has 0 saturated carbocycles. The molecule has 29 heavy (non-hydrogen) atoms. The van der Waals surface area contributed by atoms with E-state index in [-0.39, 0.29) is 5.91 Å². The van der Waals surface area contributed by atoms with Crippen molar-refractivity contribution in [3.8, 4) is 5.69 Å². The van der Waals surface area contributed by atoms with Gasteiger partial charge >= 0.3 is 0 Å². The lowest BCUT2D eigenvalue weighted by Gasteiger charge is -2.10. The summed E-state index contributed by atoms with van der Waals surface area (Å²) in [6, 6.07) is 15.7. The summed E-state index contributed by atoms with van der Waals surface area (Å²) in [6.07, 6.45) is 3.89. The van der Waals surface area contributed by atoms with E-state index in [1.165, 1.54) is 6.33 Å². The zero-order valence-corrected chi connectivity index (χ0v) is 16.3. The number of benzene rings is 2. The Morgan fingerprint density at radius 3 is 2.66 bits per heavy atom. The van der Waals surface area contributed by atoms with Crippen molar-refractivity contribution in [2.75, 3.05) is 5.32 Å². The minimum Gasteiger partial charge on any atom is -0.322 e. The van der Waals surface area contributed by atoms with Gasteiger partial charge in [-0.1, -0.05) is 37.3 Å². The summed E-state index contributed by atoms with van der Waals surface area (Å²) in [5, 5.41) is 18.6. The van der Waals surface area contributed by atoms with Crippen LogP contribution in [0.15, 0.2) is 61.1 Å². The number of rotatable bonds is 6. The summed E-state index contributed by atoms with van der Waals surface area (Å²) >= 11 is 0. The van der Waals surface area contributed by atoms with Crippen molar-refractivity contribution < 1.29 is 4.79 Å². The van der Waals surface area contributed by atoms with Crippen LogP contribution in [0, 0.1) is 6.92 Å². The molecule has 0 aliphatic heterocycles. The highest BCUT2D eigenvalue weighted by molar-refractivity contribution is 6.05. The van der Waals surface area contributed by atoms with Crippen LogP contribution in [0.25, 0.3) is 5.69 Å². The van der Waals surface area contributed by atoms with Crippen molar-refractivity contribution in [1.82, 2.24) is 30.0 Å². The first-order valence-electron chi connectivity index (χ1n) is 9.39. The molecule has 8 nitrogen and oxygen atoms in total. The van der Waals surface area contributed by atoms with Crippen molar-refractivity contribution in [3.05, 3.63) is 83.4 Å². The molecule has 0 unspecified atom stereocenters. The number of hydrogen-bond acceptors (Lipinski definition) is 5. The zero-order valence-electron chi connectivity index (χ0n) is 16.3. The monoisotopic (exact) mass is 387 g/mol. The minimum absolute atomic E-state index is 0.171. The van der Waals surface area contributed by atoms with Crippen LogP contribution in [-0.2, 0) is 13.0 Å². The van der Waals surface area contributed by atoms with Crippen molar-refractivity contribution in [2.45, 2.75) is 26.8 Å². The Kier molecular flexibility index (Phi) is 5.15. The largest absolute Gasteiger partial charge is 0.322 e. The second kappa shape index (κ2) is 8.05.